The van der Waals surface area contributed by atoms with E-state index in [0.29, 0.717) is 0 Å². The van der Waals surface area contributed by atoms with Gasteiger partial charge in [-0.05, 0) is 43.2 Å². The predicted octanol–water partition coefficient (Wildman–Crippen LogP) is 3.05. The van der Waals surface area contributed by atoms with Gasteiger partial charge in [-0.25, -0.2) is 0 Å². The van der Waals surface area contributed by atoms with E-state index in [-0.39, 0.29) is 0 Å². The molecule has 1 aromatic heterocycles. The number of rotatable bonds is 5. The lowest BCUT2D eigenvalue weighted by atomic mass is 10.1. The number of ether oxygens (including phenoxy) is 1. The van der Waals surface area contributed by atoms with Gasteiger partial charge in [-0.15, -0.1) is 0 Å². The summed E-state index contributed by atoms with van der Waals surface area (Å²) in [7, 11) is 1.69. The molecule has 2 rings (SSSR count). The second-order valence-corrected chi connectivity index (χ2v) is 4.21. The van der Waals surface area contributed by atoms with E-state index < -0.39 is 0 Å². The number of hydrogen-bond donors (Lipinski definition) is 1. The van der Waals surface area contributed by atoms with E-state index >= 15 is 0 Å². The van der Waals surface area contributed by atoms with E-state index in [1.807, 2.05) is 37.4 Å². The van der Waals surface area contributed by atoms with Crippen molar-refractivity contribution in [3.05, 3.63) is 53.9 Å². The minimum Gasteiger partial charge on any atom is -0.497 e. The summed E-state index contributed by atoms with van der Waals surface area (Å²) in [6, 6.07) is 12.2. The molecular weight excluding hydrogens is 224 g/mol. The molecule has 0 amide bonds. The summed E-state index contributed by atoms with van der Waals surface area (Å²) in [5.74, 6) is 0.909. The molecule has 3 heteroatoms. The molecule has 0 fully saturated rings. The Hall–Kier alpha value is -2.03. The van der Waals surface area contributed by atoms with E-state index in [1.165, 1.54) is 5.56 Å². The number of anilines is 1. The number of hydrogen-bond acceptors (Lipinski definition) is 3. The second-order valence-electron chi connectivity index (χ2n) is 4.21. The Labute approximate surface area is 108 Å². The molecule has 0 spiro atoms. The van der Waals surface area contributed by atoms with Gasteiger partial charge in [-0.3, -0.25) is 4.98 Å². The Kier molecular flexibility index (Phi) is 4.18. The van der Waals surface area contributed by atoms with Gasteiger partial charge in [-0.2, -0.15) is 0 Å². The Bertz CT molecular complexity index is 511. The lowest BCUT2D eigenvalue weighted by Crippen LogP contribution is -2.05. The minimum absolute atomic E-state index is 0.899. The summed E-state index contributed by atoms with van der Waals surface area (Å²) in [5, 5.41) is 3.39. The first-order chi connectivity index (χ1) is 8.78. The van der Waals surface area contributed by atoms with Crippen LogP contribution < -0.4 is 10.1 Å². The highest BCUT2D eigenvalue weighted by molar-refractivity contribution is 5.43. The van der Waals surface area contributed by atoms with Gasteiger partial charge >= 0.3 is 0 Å². The molecule has 0 radical (unpaired) electrons. The van der Waals surface area contributed by atoms with Crippen LogP contribution in [0.5, 0.6) is 5.75 Å². The molecule has 0 saturated heterocycles. The standard InChI is InChI=1S/C15H18N2O/c1-12-10-14(7-9-16-12)17-8-6-13-4-3-5-15(11-13)18-2/h3-5,7,9-11H,6,8H2,1-2H3,(H,16,17). The molecule has 2 aromatic rings. The van der Waals surface area contributed by atoms with Gasteiger partial charge < -0.3 is 10.1 Å². The third kappa shape index (κ3) is 3.48. The molecule has 1 aromatic carbocycles. The lowest BCUT2D eigenvalue weighted by molar-refractivity contribution is 0.414. The zero-order valence-electron chi connectivity index (χ0n) is 10.8. The zero-order chi connectivity index (χ0) is 12.8. The third-order valence-electron chi connectivity index (χ3n) is 2.77. The van der Waals surface area contributed by atoms with Crippen molar-refractivity contribution < 1.29 is 4.74 Å². The van der Waals surface area contributed by atoms with Crippen LogP contribution in [0, 0.1) is 6.92 Å². The largest absolute Gasteiger partial charge is 0.497 e. The molecule has 0 atom stereocenters. The Morgan fingerprint density at radius 3 is 2.89 bits per heavy atom. The molecule has 0 aliphatic rings. The van der Waals surface area contributed by atoms with Crippen LogP contribution in [0.3, 0.4) is 0 Å². The number of benzene rings is 1. The average Bonchev–Trinajstić information content (AvgIpc) is 2.39. The maximum absolute atomic E-state index is 5.21. The SMILES string of the molecule is COc1cccc(CCNc2ccnc(C)c2)c1. The number of methoxy groups -OCH3 is 1. The fourth-order valence-corrected chi connectivity index (χ4v) is 1.83. The zero-order valence-corrected chi connectivity index (χ0v) is 10.8. The fourth-order valence-electron chi connectivity index (χ4n) is 1.83. The molecule has 3 nitrogen and oxygen atoms in total. The van der Waals surface area contributed by atoms with E-state index in [9.17, 15) is 0 Å². The van der Waals surface area contributed by atoms with Crippen molar-refractivity contribution in [2.45, 2.75) is 13.3 Å². The Balaban J connectivity index is 1.88. The van der Waals surface area contributed by atoms with E-state index in [2.05, 4.69) is 22.4 Å². The molecule has 1 N–H and O–H groups in total. The van der Waals surface area contributed by atoms with Crippen LogP contribution in [0.1, 0.15) is 11.3 Å². The summed E-state index contributed by atoms with van der Waals surface area (Å²) in [6.45, 7) is 2.89. The van der Waals surface area contributed by atoms with Crippen LogP contribution in [-0.2, 0) is 6.42 Å². The van der Waals surface area contributed by atoms with E-state index in [1.54, 1.807) is 7.11 Å². The van der Waals surface area contributed by atoms with Crippen LogP contribution >= 0.6 is 0 Å². The quantitative estimate of drug-likeness (QED) is 0.875. The highest BCUT2D eigenvalue weighted by atomic mass is 16.5. The van der Waals surface area contributed by atoms with Crippen LogP contribution in [0.25, 0.3) is 0 Å². The van der Waals surface area contributed by atoms with Gasteiger partial charge in [0, 0.05) is 24.1 Å². The lowest BCUT2D eigenvalue weighted by Gasteiger charge is -2.07. The number of nitrogens with one attached hydrogen (secondary N) is 1. The van der Waals surface area contributed by atoms with Gasteiger partial charge in [0.2, 0.25) is 0 Å². The van der Waals surface area contributed by atoms with E-state index in [0.717, 1.165) is 30.1 Å². The van der Waals surface area contributed by atoms with Crippen molar-refractivity contribution in [1.82, 2.24) is 4.98 Å². The van der Waals surface area contributed by atoms with Crippen molar-refractivity contribution in [3.8, 4) is 5.75 Å². The molecule has 0 aliphatic carbocycles. The van der Waals surface area contributed by atoms with Crippen LogP contribution in [0.15, 0.2) is 42.6 Å². The highest BCUT2D eigenvalue weighted by Crippen LogP contribution is 2.13. The Morgan fingerprint density at radius 1 is 1.22 bits per heavy atom. The maximum atomic E-state index is 5.21. The van der Waals surface area contributed by atoms with Crippen molar-refractivity contribution in [2.24, 2.45) is 0 Å². The van der Waals surface area contributed by atoms with Crippen molar-refractivity contribution >= 4 is 5.69 Å². The smallest absolute Gasteiger partial charge is 0.119 e. The summed E-state index contributed by atoms with van der Waals surface area (Å²) >= 11 is 0. The van der Waals surface area contributed by atoms with Gasteiger partial charge in [-0.1, -0.05) is 12.1 Å². The average molecular weight is 242 g/mol. The van der Waals surface area contributed by atoms with Crippen LogP contribution in [-0.4, -0.2) is 18.6 Å². The molecular formula is C15H18N2O. The number of aryl methyl sites for hydroxylation is 1. The normalized spacial score (nSPS) is 10.1. The van der Waals surface area contributed by atoms with Gasteiger partial charge in [0.1, 0.15) is 5.75 Å². The van der Waals surface area contributed by atoms with Crippen molar-refractivity contribution in [1.29, 1.82) is 0 Å². The summed E-state index contributed by atoms with van der Waals surface area (Å²) < 4.78 is 5.21. The van der Waals surface area contributed by atoms with Crippen molar-refractivity contribution in [2.75, 3.05) is 19.0 Å². The van der Waals surface area contributed by atoms with Crippen LogP contribution in [0.2, 0.25) is 0 Å². The molecule has 18 heavy (non-hydrogen) atoms. The van der Waals surface area contributed by atoms with Crippen molar-refractivity contribution in [3.63, 3.8) is 0 Å². The molecule has 94 valence electrons. The first-order valence-corrected chi connectivity index (χ1v) is 6.07. The topological polar surface area (TPSA) is 34.1 Å². The molecule has 0 aliphatic heterocycles. The Morgan fingerprint density at radius 2 is 2.11 bits per heavy atom. The number of aromatic nitrogens is 1. The van der Waals surface area contributed by atoms with E-state index in [4.69, 9.17) is 4.74 Å². The van der Waals surface area contributed by atoms with Gasteiger partial charge in [0.15, 0.2) is 0 Å². The predicted molar refractivity (Wildman–Crippen MR) is 74.2 cm³/mol. The molecule has 0 unspecified atom stereocenters. The van der Waals surface area contributed by atoms with Crippen LogP contribution in [0.4, 0.5) is 5.69 Å². The first-order valence-electron chi connectivity index (χ1n) is 6.07. The summed E-state index contributed by atoms with van der Waals surface area (Å²) in [4.78, 5) is 4.17. The third-order valence-corrected chi connectivity index (χ3v) is 2.77. The monoisotopic (exact) mass is 242 g/mol. The fraction of sp³-hybridized carbons (Fsp3) is 0.267. The first kappa shape index (κ1) is 12.4. The minimum atomic E-state index is 0.899. The maximum Gasteiger partial charge on any atom is 0.119 e. The van der Waals surface area contributed by atoms with Gasteiger partial charge in [0.05, 0.1) is 7.11 Å². The highest BCUT2D eigenvalue weighted by Gasteiger charge is 1.97. The van der Waals surface area contributed by atoms with Gasteiger partial charge in [0.25, 0.3) is 0 Å². The summed E-state index contributed by atoms with van der Waals surface area (Å²) in [5.41, 5.74) is 3.42. The second kappa shape index (κ2) is 6.05. The molecule has 1 heterocycles. The number of nitrogens with zero attached hydrogens (tertiary/aromatic N) is 1. The molecule has 0 bridgehead atoms. The molecule has 0 saturated carbocycles. The number of pyridine rings is 1. The summed E-state index contributed by atoms with van der Waals surface area (Å²) in [6.07, 6.45) is 2.79.